The lowest BCUT2D eigenvalue weighted by atomic mass is 10.1. The van der Waals surface area contributed by atoms with E-state index < -0.39 is 0 Å². The summed E-state index contributed by atoms with van der Waals surface area (Å²) in [6.07, 6.45) is 0. The van der Waals surface area contributed by atoms with Gasteiger partial charge < -0.3 is 14.8 Å². The van der Waals surface area contributed by atoms with Crippen molar-refractivity contribution in [2.24, 2.45) is 0 Å². The molecule has 0 aliphatic heterocycles. The summed E-state index contributed by atoms with van der Waals surface area (Å²) in [4.78, 5) is 0. The van der Waals surface area contributed by atoms with E-state index in [2.05, 4.69) is 5.32 Å². The van der Waals surface area contributed by atoms with Gasteiger partial charge >= 0.3 is 0 Å². The third-order valence-electron chi connectivity index (χ3n) is 3.46. The number of rotatable bonds is 6. The number of nitrogens with one attached hydrogen (secondary N) is 1. The van der Waals surface area contributed by atoms with Crippen LogP contribution in [0.25, 0.3) is 0 Å². The van der Waals surface area contributed by atoms with Crippen molar-refractivity contribution in [2.75, 3.05) is 14.2 Å². The zero-order valence-corrected chi connectivity index (χ0v) is 12.5. The number of hydrogen-bond donors (Lipinski definition) is 1. The van der Waals surface area contributed by atoms with E-state index in [0.717, 1.165) is 22.6 Å². The SMILES string of the molecule is COc1ccc(OC)c(CN[C@H](C)c2ccc(F)cc2)c1. The Bertz CT molecular complexity index is 584. The molecule has 0 heterocycles. The highest BCUT2D eigenvalue weighted by Crippen LogP contribution is 2.24. The summed E-state index contributed by atoms with van der Waals surface area (Å²) in [6.45, 7) is 2.68. The molecule has 0 saturated carbocycles. The number of benzene rings is 2. The summed E-state index contributed by atoms with van der Waals surface area (Å²) >= 11 is 0. The molecule has 1 N–H and O–H groups in total. The number of ether oxygens (including phenoxy) is 2. The molecule has 4 heteroatoms. The van der Waals surface area contributed by atoms with E-state index in [0.29, 0.717) is 6.54 Å². The molecular weight excluding hydrogens is 269 g/mol. The van der Waals surface area contributed by atoms with Crippen LogP contribution in [0, 0.1) is 5.82 Å². The van der Waals surface area contributed by atoms with E-state index in [-0.39, 0.29) is 11.9 Å². The first kappa shape index (κ1) is 15.3. The lowest BCUT2D eigenvalue weighted by Gasteiger charge is -2.16. The molecule has 0 unspecified atom stereocenters. The summed E-state index contributed by atoms with van der Waals surface area (Å²) in [6, 6.07) is 12.3. The minimum absolute atomic E-state index is 0.113. The molecule has 1 atom stereocenters. The van der Waals surface area contributed by atoms with E-state index in [1.165, 1.54) is 12.1 Å². The lowest BCUT2D eigenvalue weighted by molar-refractivity contribution is 0.395. The summed E-state index contributed by atoms with van der Waals surface area (Å²) in [5, 5.41) is 3.40. The predicted molar refractivity (Wildman–Crippen MR) is 81.2 cm³/mol. The zero-order chi connectivity index (χ0) is 15.2. The Morgan fingerprint density at radius 1 is 1.05 bits per heavy atom. The summed E-state index contributed by atoms with van der Waals surface area (Å²) < 4.78 is 23.5. The first-order valence-corrected chi connectivity index (χ1v) is 6.83. The van der Waals surface area contributed by atoms with Crippen molar-refractivity contribution in [3.8, 4) is 11.5 Å². The third-order valence-corrected chi connectivity index (χ3v) is 3.46. The van der Waals surface area contributed by atoms with Gasteiger partial charge in [0.15, 0.2) is 0 Å². The maximum absolute atomic E-state index is 12.9. The van der Waals surface area contributed by atoms with E-state index in [1.54, 1.807) is 26.4 Å². The number of methoxy groups -OCH3 is 2. The van der Waals surface area contributed by atoms with Gasteiger partial charge in [-0.3, -0.25) is 0 Å². The van der Waals surface area contributed by atoms with Gasteiger partial charge in [0, 0.05) is 18.2 Å². The van der Waals surface area contributed by atoms with Gasteiger partial charge in [0.2, 0.25) is 0 Å². The van der Waals surface area contributed by atoms with Crippen LogP contribution < -0.4 is 14.8 Å². The molecule has 0 fully saturated rings. The molecule has 0 amide bonds. The van der Waals surface area contributed by atoms with Gasteiger partial charge in [0.25, 0.3) is 0 Å². The lowest BCUT2D eigenvalue weighted by Crippen LogP contribution is -2.18. The Morgan fingerprint density at radius 2 is 1.76 bits per heavy atom. The highest BCUT2D eigenvalue weighted by atomic mass is 19.1. The largest absolute Gasteiger partial charge is 0.497 e. The molecule has 21 heavy (non-hydrogen) atoms. The molecule has 3 nitrogen and oxygen atoms in total. The van der Waals surface area contributed by atoms with E-state index in [9.17, 15) is 4.39 Å². The van der Waals surface area contributed by atoms with Crippen molar-refractivity contribution < 1.29 is 13.9 Å². The number of hydrogen-bond acceptors (Lipinski definition) is 3. The average molecular weight is 289 g/mol. The van der Waals surface area contributed by atoms with Crippen molar-refractivity contribution in [1.29, 1.82) is 0 Å². The normalized spacial score (nSPS) is 12.0. The molecule has 112 valence electrons. The molecular formula is C17H20FNO2. The topological polar surface area (TPSA) is 30.5 Å². The molecule has 2 aromatic rings. The van der Waals surface area contributed by atoms with Crippen LogP contribution >= 0.6 is 0 Å². The highest BCUT2D eigenvalue weighted by molar-refractivity contribution is 5.40. The van der Waals surface area contributed by atoms with Crippen LogP contribution in [-0.4, -0.2) is 14.2 Å². The molecule has 2 aromatic carbocycles. The van der Waals surface area contributed by atoms with Crippen LogP contribution in [0.5, 0.6) is 11.5 Å². The van der Waals surface area contributed by atoms with Crippen LogP contribution in [-0.2, 0) is 6.54 Å². The summed E-state index contributed by atoms with van der Waals surface area (Å²) in [7, 11) is 3.29. The van der Waals surface area contributed by atoms with Crippen molar-refractivity contribution in [2.45, 2.75) is 19.5 Å². The molecule has 0 aliphatic carbocycles. The molecule has 0 spiro atoms. The Balaban J connectivity index is 2.06. The van der Waals surface area contributed by atoms with Crippen LogP contribution in [0.2, 0.25) is 0 Å². The van der Waals surface area contributed by atoms with Crippen LogP contribution in [0.3, 0.4) is 0 Å². The van der Waals surface area contributed by atoms with Gasteiger partial charge in [-0.2, -0.15) is 0 Å². The molecule has 0 saturated heterocycles. The quantitative estimate of drug-likeness (QED) is 0.879. The average Bonchev–Trinajstić information content (AvgIpc) is 2.52. The van der Waals surface area contributed by atoms with Gasteiger partial charge in [-0.1, -0.05) is 12.1 Å². The Hall–Kier alpha value is -2.07. The Kier molecular flexibility index (Phi) is 5.17. The first-order valence-electron chi connectivity index (χ1n) is 6.83. The molecule has 0 aromatic heterocycles. The van der Waals surface area contributed by atoms with Crippen LogP contribution in [0.15, 0.2) is 42.5 Å². The van der Waals surface area contributed by atoms with Crippen molar-refractivity contribution in [3.63, 3.8) is 0 Å². The summed E-state index contributed by atoms with van der Waals surface area (Å²) in [5.74, 6) is 1.39. The molecule has 0 radical (unpaired) electrons. The molecule has 2 rings (SSSR count). The van der Waals surface area contributed by atoms with Crippen LogP contribution in [0.1, 0.15) is 24.1 Å². The number of halogens is 1. The summed E-state index contributed by atoms with van der Waals surface area (Å²) in [5.41, 5.74) is 2.06. The molecule has 0 bridgehead atoms. The van der Waals surface area contributed by atoms with Gasteiger partial charge in [-0.15, -0.1) is 0 Å². The van der Waals surface area contributed by atoms with E-state index >= 15 is 0 Å². The van der Waals surface area contributed by atoms with Gasteiger partial charge in [0.05, 0.1) is 14.2 Å². The van der Waals surface area contributed by atoms with E-state index in [4.69, 9.17) is 9.47 Å². The predicted octanol–water partition coefficient (Wildman–Crippen LogP) is 3.69. The maximum atomic E-state index is 12.9. The second-order valence-corrected chi connectivity index (χ2v) is 4.83. The third kappa shape index (κ3) is 3.95. The van der Waals surface area contributed by atoms with Crippen molar-refractivity contribution in [3.05, 3.63) is 59.4 Å². The first-order chi connectivity index (χ1) is 10.1. The van der Waals surface area contributed by atoms with Gasteiger partial charge in [-0.05, 0) is 42.8 Å². The standard InChI is InChI=1S/C17H20FNO2/c1-12(13-4-6-15(18)7-5-13)19-11-14-10-16(20-2)8-9-17(14)21-3/h4-10,12,19H,11H2,1-3H3/t12-/m1/s1. The highest BCUT2D eigenvalue weighted by Gasteiger charge is 2.09. The van der Waals surface area contributed by atoms with E-state index in [1.807, 2.05) is 25.1 Å². The van der Waals surface area contributed by atoms with Gasteiger partial charge in [-0.25, -0.2) is 4.39 Å². The maximum Gasteiger partial charge on any atom is 0.123 e. The smallest absolute Gasteiger partial charge is 0.123 e. The Labute approximate surface area is 124 Å². The van der Waals surface area contributed by atoms with Gasteiger partial charge in [0.1, 0.15) is 17.3 Å². The minimum atomic E-state index is -0.222. The molecule has 0 aliphatic rings. The van der Waals surface area contributed by atoms with Crippen molar-refractivity contribution in [1.82, 2.24) is 5.32 Å². The second-order valence-electron chi connectivity index (χ2n) is 4.83. The fourth-order valence-corrected chi connectivity index (χ4v) is 2.15. The fraction of sp³-hybridized carbons (Fsp3) is 0.294. The Morgan fingerprint density at radius 3 is 2.38 bits per heavy atom. The van der Waals surface area contributed by atoms with Crippen LogP contribution in [0.4, 0.5) is 4.39 Å². The zero-order valence-electron chi connectivity index (χ0n) is 12.5. The monoisotopic (exact) mass is 289 g/mol. The van der Waals surface area contributed by atoms with Crippen molar-refractivity contribution >= 4 is 0 Å². The minimum Gasteiger partial charge on any atom is -0.497 e. The second kappa shape index (κ2) is 7.09. The fourth-order valence-electron chi connectivity index (χ4n) is 2.15.